The maximum absolute atomic E-state index is 11.6. The van der Waals surface area contributed by atoms with Crippen molar-refractivity contribution >= 4 is 16.3 Å². The van der Waals surface area contributed by atoms with E-state index in [1.165, 1.54) is 11.1 Å². The van der Waals surface area contributed by atoms with Crippen LogP contribution in [0.1, 0.15) is 5.56 Å². The Morgan fingerprint density at radius 1 is 1.10 bits per heavy atom. The second-order valence-electron chi connectivity index (χ2n) is 5.07. The van der Waals surface area contributed by atoms with E-state index in [-0.39, 0.29) is 5.56 Å². The molecule has 21 heavy (non-hydrogen) atoms. The van der Waals surface area contributed by atoms with Crippen LogP contribution in [0.4, 0.5) is 5.00 Å². The molecule has 0 saturated carbocycles. The molecule has 3 nitrogen and oxygen atoms in total. The van der Waals surface area contributed by atoms with E-state index < -0.39 is 0 Å². The molecule has 0 amide bonds. The second-order valence-corrected chi connectivity index (χ2v) is 6.16. The largest absolute Gasteiger partial charge is 0.391 e. The molecule has 3 aromatic rings. The minimum absolute atomic E-state index is 0.0145. The fourth-order valence-corrected chi connectivity index (χ4v) is 3.44. The van der Waals surface area contributed by atoms with Gasteiger partial charge in [0.15, 0.2) is 0 Å². The van der Waals surface area contributed by atoms with Crippen molar-refractivity contribution in [2.24, 2.45) is 7.05 Å². The van der Waals surface area contributed by atoms with Gasteiger partial charge in [-0.05, 0) is 35.7 Å². The Bertz CT molecular complexity index is 861. The molecule has 0 atom stereocenters. The first kappa shape index (κ1) is 13.6. The Hall–Kier alpha value is -2.33. The number of aromatic nitrogens is 1. The fraction of sp³-hybridized carbons (Fsp3) is 0.118. The third kappa shape index (κ3) is 2.50. The summed E-state index contributed by atoms with van der Waals surface area (Å²) >= 11 is 1.58. The first-order valence-corrected chi connectivity index (χ1v) is 7.50. The van der Waals surface area contributed by atoms with Crippen molar-refractivity contribution in [1.82, 2.24) is 4.57 Å². The van der Waals surface area contributed by atoms with E-state index in [1.54, 1.807) is 29.0 Å². The van der Waals surface area contributed by atoms with Gasteiger partial charge in [-0.15, -0.1) is 11.3 Å². The van der Waals surface area contributed by atoms with Crippen LogP contribution in [0.2, 0.25) is 0 Å². The first-order chi connectivity index (χ1) is 10.1. The molecule has 0 unspecified atom stereocenters. The van der Waals surface area contributed by atoms with Crippen LogP contribution in [-0.4, -0.2) is 4.57 Å². The maximum atomic E-state index is 11.6. The lowest BCUT2D eigenvalue weighted by atomic mass is 10.0. The molecule has 2 N–H and O–H groups in total. The van der Waals surface area contributed by atoms with Gasteiger partial charge < -0.3 is 10.3 Å². The van der Waals surface area contributed by atoms with Crippen LogP contribution < -0.4 is 11.3 Å². The third-order valence-electron chi connectivity index (χ3n) is 3.54. The number of aryl methyl sites for hydroxylation is 2. The van der Waals surface area contributed by atoms with Crippen LogP contribution in [0.15, 0.2) is 53.5 Å². The molecule has 2 aromatic heterocycles. The van der Waals surface area contributed by atoms with E-state index in [0.717, 1.165) is 21.0 Å². The smallest absolute Gasteiger partial charge is 0.250 e. The van der Waals surface area contributed by atoms with Crippen molar-refractivity contribution in [2.45, 2.75) is 6.92 Å². The molecule has 0 saturated heterocycles. The molecule has 2 heterocycles. The number of nitrogens with two attached hydrogens (primary N) is 1. The molecular formula is C17H16N2OS. The summed E-state index contributed by atoms with van der Waals surface area (Å²) in [5, 5.41) is 0.775. The molecule has 0 aliphatic heterocycles. The van der Waals surface area contributed by atoms with E-state index in [2.05, 4.69) is 19.1 Å². The Balaban J connectivity index is 2.23. The van der Waals surface area contributed by atoms with Crippen LogP contribution in [0.3, 0.4) is 0 Å². The Labute approximate surface area is 127 Å². The predicted octanol–water partition coefficient (Wildman–Crippen LogP) is 3.67. The maximum Gasteiger partial charge on any atom is 0.250 e. The predicted molar refractivity (Wildman–Crippen MR) is 89.6 cm³/mol. The van der Waals surface area contributed by atoms with Gasteiger partial charge in [-0.1, -0.05) is 24.3 Å². The number of pyridine rings is 1. The zero-order chi connectivity index (χ0) is 15.0. The van der Waals surface area contributed by atoms with Crippen molar-refractivity contribution < 1.29 is 0 Å². The lowest BCUT2D eigenvalue weighted by Gasteiger charge is -2.08. The third-order valence-corrected chi connectivity index (χ3v) is 4.54. The minimum Gasteiger partial charge on any atom is -0.391 e. The highest BCUT2D eigenvalue weighted by atomic mass is 32.1. The fourth-order valence-electron chi connectivity index (χ4n) is 2.41. The minimum atomic E-state index is -0.0145. The Kier molecular flexibility index (Phi) is 3.39. The SMILES string of the molecule is Cc1ccccc1-c1sc(N)cc1-c1ccc(=O)n(C)c1. The van der Waals surface area contributed by atoms with Gasteiger partial charge in [0.05, 0.1) is 5.00 Å². The molecule has 0 fully saturated rings. The molecule has 1 aromatic carbocycles. The van der Waals surface area contributed by atoms with Gasteiger partial charge in [0.2, 0.25) is 5.56 Å². The quantitative estimate of drug-likeness (QED) is 0.784. The van der Waals surface area contributed by atoms with Crippen molar-refractivity contribution in [3.63, 3.8) is 0 Å². The molecule has 0 bridgehead atoms. The molecule has 106 valence electrons. The van der Waals surface area contributed by atoms with E-state index >= 15 is 0 Å². The number of hydrogen-bond donors (Lipinski definition) is 1. The average Bonchev–Trinajstić information content (AvgIpc) is 2.84. The number of anilines is 1. The van der Waals surface area contributed by atoms with Gasteiger partial charge in [-0.2, -0.15) is 0 Å². The average molecular weight is 296 g/mol. The number of nitrogens with zero attached hydrogens (tertiary/aromatic N) is 1. The van der Waals surface area contributed by atoms with Crippen LogP contribution in [0.5, 0.6) is 0 Å². The normalized spacial score (nSPS) is 10.8. The number of nitrogen functional groups attached to an aromatic ring is 1. The molecule has 0 aliphatic rings. The van der Waals surface area contributed by atoms with Crippen LogP contribution in [0.25, 0.3) is 21.6 Å². The van der Waals surface area contributed by atoms with Crippen LogP contribution in [-0.2, 0) is 7.05 Å². The van der Waals surface area contributed by atoms with Gasteiger partial charge in [0.25, 0.3) is 0 Å². The number of hydrogen-bond acceptors (Lipinski definition) is 3. The van der Waals surface area contributed by atoms with Crippen molar-refractivity contribution in [3.8, 4) is 21.6 Å². The van der Waals surface area contributed by atoms with Gasteiger partial charge in [-0.3, -0.25) is 4.79 Å². The Morgan fingerprint density at radius 2 is 1.86 bits per heavy atom. The zero-order valence-electron chi connectivity index (χ0n) is 12.0. The Morgan fingerprint density at radius 3 is 2.57 bits per heavy atom. The van der Waals surface area contributed by atoms with Crippen molar-refractivity contribution in [1.29, 1.82) is 0 Å². The van der Waals surface area contributed by atoms with E-state index in [1.807, 2.05) is 30.5 Å². The highest BCUT2D eigenvalue weighted by Crippen LogP contribution is 2.41. The van der Waals surface area contributed by atoms with Gasteiger partial charge in [0, 0.05) is 29.8 Å². The summed E-state index contributed by atoms with van der Waals surface area (Å²) in [4.78, 5) is 12.7. The number of thiophene rings is 1. The summed E-state index contributed by atoms with van der Waals surface area (Å²) in [6.45, 7) is 2.09. The zero-order valence-corrected chi connectivity index (χ0v) is 12.8. The summed E-state index contributed by atoms with van der Waals surface area (Å²) in [5.74, 6) is 0. The van der Waals surface area contributed by atoms with E-state index in [9.17, 15) is 4.79 Å². The molecule has 0 spiro atoms. The second kappa shape index (κ2) is 5.22. The highest BCUT2D eigenvalue weighted by Gasteiger charge is 2.13. The summed E-state index contributed by atoms with van der Waals surface area (Å²) in [6, 6.07) is 13.7. The topological polar surface area (TPSA) is 48.0 Å². The molecule has 3 rings (SSSR count). The summed E-state index contributed by atoms with van der Waals surface area (Å²) in [6.07, 6.45) is 1.85. The van der Waals surface area contributed by atoms with Crippen molar-refractivity contribution in [3.05, 3.63) is 64.6 Å². The lowest BCUT2D eigenvalue weighted by Crippen LogP contribution is -2.13. The summed E-state index contributed by atoms with van der Waals surface area (Å²) in [5.41, 5.74) is 10.5. The van der Waals surface area contributed by atoms with Gasteiger partial charge >= 0.3 is 0 Å². The van der Waals surface area contributed by atoms with Gasteiger partial charge in [-0.25, -0.2) is 0 Å². The molecule has 0 aliphatic carbocycles. The monoisotopic (exact) mass is 296 g/mol. The number of benzene rings is 1. The van der Waals surface area contributed by atoms with Crippen LogP contribution >= 0.6 is 11.3 Å². The van der Waals surface area contributed by atoms with Crippen LogP contribution in [0, 0.1) is 6.92 Å². The summed E-state index contributed by atoms with van der Waals surface area (Å²) < 4.78 is 1.59. The molecule has 0 radical (unpaired) electrons. The summed E-state index contributed by atoms with van der Waals surface area (Å²) in [7, 11) is 1.76. The molecule has 4 heteroatoms. The van der Waals surface area contributed by atoms with E-state index in [4.69, 9.17) is 5.73 Å². The lowest BCUT2D eigenvalue weighted by molar-refractivity contribution is 0.862. The number of rotatable bonds is 2. The van der Waals surface area contributed by atoms with Gasteiger partial charge in [0.1, 0.15) is 0 Å². The molecular weight excluding hydrogens is 280 g/mol. The highest BCUT2D eigenvalue weighted by molar-refractivity contribution is 7.19. The van der Waals surface area contributed by atoms with Crippen molar-refractivity contribution in [2.75, 3.05) is 5.73 Å². The standard InChI is InChI=1S/C17H16N2OS/c1-11-5-3-4-6-13(11)17-14(9-15(18)21-17)12-7-8-16(20)19(2)10-12/h3-10H,18H2,1-2H3. The first-order valence-electron chi connectivity index (χ1n) is 6.68. The van der Waals surface area contributed by atoms with E-state index in [0.29, 0.717) is 0 Å².